The summed E-state index contributed by atoms with van der Waals surface area (Å²) in [5.41, 5.74) is 1.29. The third kappa shape index (κ3) is 5.09. The van der Waals surface area contributed by atoms with Crippen LogP contribution in [0.4, 0.5) is 0 Å². The van der Waals surface area contributed by atoms with Crippen molar-refractivity contribution >= 4 is 5.91 Å². The number of rotatable bonds is 7. The zero-order valence-electron chi connectivity index (χ0n) is 15.4. The standard InChI is InChI=1S/C19H29N3O3/c1-3-4-15(2)20-19(23)13-22-9-7-21(8-10-22)12-16-5-6-17-18(11-16)25-14-24-17/h5-6,11,15H,3-4,7-10,12-14H2,1-2H3,(H,20,23)/p+2/t15-/m1/s1. The maximum Gasteiger partial charge on any atom is 0.275 e. The van der Waals surface area contributed by atoms with Gasteiger partial charge in [-0.3, -0.25) is 4.79 Å². The average Bonchev–Trinajstić information content (AvgIpc) is 3.04. The Morgan fingerprint density at radius 1 is 1.16 bits per heavy atom. The first-order chi connectivity index (χ1) is 12.1. The van der Waals surface area contributed by atoms with E-state index in [2.05, 4.69) is 31.3 Å². The Balaban J connectivity index is 1.40. The lowest BCUT2D eigenvalue weighted by atomic mass is 10.1. The van der Waals surface area contributed by atoms with Crippen molar-refractivity contribution < 1.29 is 24.1 Å². The first-order valence-corrected chi connectivity index (χ1v) is 9.49. The largest absolute Gasteiger partial charge is 0.454 e. The topological polar surface area (TPSA) is 56.4 Å². The van der Waals surface area contributed by atoms with Gasteiger partial charge in [0.1, 0.15) is 32.7 Å². The third-order valence-corrected chi connectivity index (χ3v) is 5.09. The van der Waals surface area contributed by atoms with Crippen LogP contribution in [0.15, 0.2) is 18.2 Å². The Morgan fingerprint density at radius 3 is 2.64 bits per heavy atom. The first kappa shape index (κ1) is 18.0. The number of hydrogen-bond acceptors (Lipinski definition) is 3. The van der Waals surface area contributed by atoms with Gasteiger partial charge in [0.15, 0.2) is 18.0 Å². The first-order valence-electron chi connectivity index (χ1n) is 9.49. The zero-order chi connectivity index (χ0) is 17.6. The van der Waals surface area contributed by atoms with E-state index in [1.165, 1.54) is 10.5 Å². The molecule has 0 bridgehead atoms. The van der Waals surface area contributed by atoms with Gasteiger partial charge < -0.3 is 24.6 Å². The van der Waals surface area contributed by atoms with Crippen LogP contribution in [0.5, 0.6) is 11.5 Å². The van der Waals surface area contributed by atoms with Crippen LogP contribution in [0.1, 0.15) is 32.3 Å². The van der Waals surface area contributed by atoms with E-state index in [0.29, 0.717) is 13.3 Å². The van der Waals surface area contributed by atoms with Gasteiger partial charge in [-0.15, -0.1) is 0 Å². The number of benzene rings is 1. The number of amides is 1. The molecule has 0 unspecified atom stereocenters. The molecule has 0 aliphatic carbocycles. The van der Waals surface area contributed by atoms with E-state index in [-0.39, 0.29) is 11.9 Å². The molecule has 1 atom stereocenters. The predicted molar refractivity (Wildman–Crippen MR) is 95.0 cm³/mol. The number of piperazine rings is 1. The molecule has 25 heavy (non-hydrogen) atoms. The second kappa shape index (κ2) is 8.54. The normalized spacial score (nSPS) is 23.3. The number of carbonyl (C=O) groups is 1. The second-order valence-electron chi connectivity index (χ2n) is 7.30. The van der Waals surface area contributed by atoms with Gasteiger partial charge in [-0.2, -0.15) is 0 Å². The summed E-state index contributed by atoms with van der Waals surface area (Å²) >= 11 is 0. The van der Waals surface area contributed by atoms with E-state index in [1.807, 2.05) is 6.07 Å². The van der Waals surface area contributed by atoms with Crippen molar-refractivity contribution in [3.63, 3.8) is 0 Å². The molecule has 6 nitrogen and oxygen atoms in total. The molecule has 0 aromatic heterocycles. The Labute approximate surface area is 150 Å². The fourth-order valence-corrected chi connectivity index (χ4v) is 3.71. The minimum absolute atomic E-state index is 0.190. The van der Waals surface area contributed by atoms with Gasteiger partial charge in [-0.25, -0.2) is 0 Å². The molecule has 1 aromatic carbocycles. The molecule has 6 heteroatoms. The number of fused-ring (bicyclic) bond motifs is 1. The molecule has 1 fully saturated rings. The van der Waals surface area contributed by atoms with Crippen LogP contribution in [0.25, 0.3) is 0 Å². The van der Waals surface area contributed by atoms with E-state index in [0.717, 1.165) is 57.1 Å². The molecule has 1 saturated heterocycles. The van der Waals surface area contributed by atoms with E-state index < -0.39 is 0 Å². The van der Waals surface area contributed by atoms with Crippen LogP contribution in [-0.4, -0.2) is 51.5 Å². The quantitative estimate of drug-likeness (QED) is 0.592. The van der Waals surface area contributed by atoms with Crippen molar-refractivity contribution in [2.45, 2.75) is 39.3 Å². The summed E-state index contributed by atoms with van der Waals surface area (Å²) < 4.78 is 10.8. The maximum absolute atomic E-state index is 12.1. The fraction of sp³-hybridized carbons (Fsp3) is 0.632. The monoisotopic (exact) mass is 349 g/mol. The second-order valence-corrected chi connectivity index (χ2v) is 7.30. The lowest BCUT2D eigenvalue weighted by molar-refractivity contribution is -1.02. The Kier molecular flexibility index (Phi) is 6.15. The number of nitrogens with one attached hydrogen (secondary N) is 3. The predicted octanol–water partition coefficient (Wildman–Crippen LogP) is -0.996. The summed E-state index contributed by atoms with van der Waals surface area (Å²) in [5, 5.41) is 3.11. The van der Waals surface area contributed by atoms with Crippen molar-refractivity contribution in [2.24, 2.45) is 0 Å². The van der Waals surface area contributed by atoms with Crippen molar-refractivity contribution in [1.29, 1.82) is 0 Å². The van der Waals surface area contributed by atoms with Crippen LogP contribution < -0.4 is 24.6 Å². The highest BCUT2D eigenvalue weighted by molar-refractivity contribution is 5.77. The van der Waals surface area contributed by atoms with E-state index in [9.17, 15) is 4.79 Å². The molecular formula is C19H31N3O3+2. The third-order valence-electron chi connectivity index (χ3n) is 5.09. The highest BCUT2D eigenvalue weighted by Gasteiger charge is 2.25. The Morgan fingerprint density at radius 2 is 1.88 bits per heavy atom. The van der Waals surface area contributed by atoms with Crippen LogP contribution in [0, 0.1) is 0 Å². The minimum atomic E-state index is 0.190. The van der Waals surface area contributed by atoms with Crippen LogP contribution >= 0.6 is 0 Å². The molecule has 0 saturated carbocycles. The summed E-state index contributed by atoms with van der Waals surface area (Å²) in [6.45, 7) is 10.5. The van der Waals surface area contributed by atoms with Crippen LogP contribution in [-0.2, 0) is 11.3 Å². The van der Waals surface area contributed by atoms with Crippen LogP contribution in [0.2, 0.25) is 0 Å². The lowest BCUT2D eigenvalue weighted by Gasteiger charge is -2.29. The average molecular weight is 349 g/mol. The van der Waals surface area contributed by atoms with Gasteiger partial charge in [0.05, 0.1) is 0 Å². The molecule has 3 N–H and O–H groups in total. The van der Waals surface area contributed by atoms with Gasteiger partial charge in [0.2, 0.25) is 6.79 Å². The molecule has 2 aliphatic heterocycles. The molecule has 0 spiro atoms. The molecule has 2 aliphatic rings. The van der Waals surface area contributed by atoms with Crippen molar-refractivity contribution in [1.82, 2.24) is 5.32 Å². The Bertz CT molecular complexity index is 585. The van der Waals surface area contributed by atoms with E-state index >= 15 is 0 Å². The smallest absolute Gasteiger partial charge is 0.275 e. The molecule has 1 amide bonds. The summed E-state index contributed by atoms with van der Waals surface area (Å²) in [4.78, 5) is 15.1. The number of carbonyl (C=O) groups excluding carboxylic acids is 1. The maximum atomic E-state index is 12.1. The summed E-state index contributed by atoms with van der Waals surface area (Å²) in [6.07, 6.45) is 2.16. The van der Waals surface area contributed by atoms with Gasteiger partial charge >= 0.3 is 0 Å². The molecule has 2 heterocycles. The molecule has 138 valence electrons. The summed E-state index contributed by atoms with van der Waals surface area (Å²) in [6, 6.07) is 6.51. The number of ether oxygens (including phenoxy) is 2. The van der Waals surface area contributed by atoms with Crippen molar-refractivity contribution in [3.05, 3.63) is 23.8 Å². The molecule has 3 rings (SSSR count). The van der Waals surface area contributed by atoms with Gasteiger partial charge in [0.25, 0.3) is 5.91 Å². The number of hydrogen-bond donors (Lipinski definition) is 3. The van der Waals surface area contributed by atoms with E-state index in [1.54, 1.807) is 4.90 Å². The van der Waals surface area contributed by atoms with Crippen molar-refractivity contribution in [3.8, 4) is 11.5 Å². The fourth-order valence-electron chi connectivity index (χ4n) is 3.71. The molecule has 1 aromatic rings. The van der Waals surface area contributed by atoms with E-state index in [4.69, 9.17) is 9.47 Å². The highest BCUT2D eigenvalue weighted by Crippen LogP contribution is 2.32. The van der Waals surface area contributed by atoms with Gasteiger partial charge in [-0.1, -0.05) is 13.3 Å². The SMILES string of the molecule is CCC[C@@H](C)NC(=O)C[NH+]1CC[NH+](Cc2ccc3c(c2)OCO3)CC1. The van der Waals surface area contributed by atoms with Crippen molar-refractivity contribution in [2.75, 3.05) is 39.5 Å². The number of quaternary nitrogens is 2. The highest BCUT2D eigenvalue weighted by atomic mass is 16.7. The van der Waals surface area contributed by atoms with Crippen LogP contribution in [0.3, 0.4) is 0 Å². The molecular weight excluding hydrogens is 318 g/mol. The van der Waals surface area contributed by atoms with Gasteiger partial charge in [0, 0.05) is 11.6 Å². The summed E-state index contributed by atoms with van der Waals surface area (Å²) in [5.74, 6) is 1.89. The molecule has 0 radical (unpaired) electrons. The lowest BCUT2D eigenvalue weighted by Crippen LogP contribution is -3.28. The summed E-state index contributed by atoms with van der Waals surface area (Å²) in [7, 11) is 0. The zero-order valence-corrected chi connectivity index (χ0v) is 15.4. The minimum Gasteiger partial charge on any atom is -0.454 e. The Hall–Kier alpha value is -1.79. The van der Waals surface area contributed by atoms with Gasteiger partial charge in [-0.05, 0) is 31.5 Å².